The molecule has 116 valence electrons. The van der Waals surface area contributed by atoms with Crippen molar-refractivity contribution in [3.05, 3.63) is 47.4 Å². The summed E-state index contributed by atoms with van der Waals surface area (Å²) >= 11 is 0. The highest BCUT2D eigenvalue weighted by atomic mass is 19.1. The Morgan fingerprint density at radius 1 is 1.18 bits per heavy atom. The highest BCUT2D eigenvalue weighted by Crippen LogP contribution is 2.39. The second-order valence-corrected chi connectivity index (χ2v) is 5.95. The summed E-state index contributed by atoms with van der Waals surface area (Å²) in [5.41, 5.74) is 0.996. The number of ether oxygens (including phenoxy) is 1. The normalized spacial score (nSPS) is 22.9. The minimum atomic E-state index is -0.227. The first-order chi connectivity index (χ1) is 10.8. The molecule has 1 aliphatic heterocycles. The van der Waals surface area contributed by atoms with Crippen LogP contribution in [-0.4, -0.2) is 34.8 Å². The van der Waals surface area contributed by atoms with Crippen molar-refractivity contribution in [1.29, 1.82) is 0 Å². The van der Waals surface area contributed by atoms with Gasteiger partial charge in [-0.3, -0.25) is 4.90 Å². The largest absolute Gasteiger partial charge is 0.424 e. The van der Waals surface area contributed by atoms with Crippen molar-refractivity contribution in [2.75, 3.05) is 19.7 Å². The van der Waals surface area contributed by atoms with E-state index in [9.17, 15) is 4.39 Å². The summed E-state index contributed by atoms with van der Waals surface area (Å²) in [5.74, 6) is 1.70. The van der Waals surface area contributed by atoms with E-state index < -0.39 is 0 Å². The third kappa shape index (κ3) is 3.03. The molecule has 2 aromatic rings. The van der Waals surface area contributed by atoms with Crippen LogP contribution in [0.25, 0.3) is 0 Å². The number of nitrogens with zero attached hydrogens (tertiary/aromatic N) is 3. The molecule has 6 heteroatoms. The Morgan fingerprint density at radius 2 is 2.00 bits per heavy atom. The molecular formula is C16H18FN3O2. The quantitative estimate of drug-likeness (QED) is 0.869. The lowest BCUT2D eigenvalue weighted by molar-refractivity contribution is -0.0352. The Hall–Kier alpha value is -1.79. The first-order valence-electron chi connectivity index (χ1n) is 7.69. The van der Waals surface area contributed by atoms with Gasteiger partial charge in [-0.15, -0.1) is 10.2 Å². The zero-order valence-corrected chi connectivity index (χ0v) is 12.2. The minimum absolute atomic E-state index is 0.0415. The van der Waals surface area contributed by atoms with Gasteiger partial charge in [0.2, 0.25) is 11.8 Å². The van der Waals surface area contributed by atoms with Gasteiger partial charge in [0.05, 0.1) is 19.3 Å². The topological polar surface area (TPSA) is 51.4 Å². The average Bonchev–Trinajstić information content (AvgIpc) is 3.29. The molecule has 0 amide bonds. The molecule has 1 saturated carbocycles. The van der Waals surface area contributed by atoms with E-state index in [1.807, 2.05) is 0 Å². The van der Waals surface area contributed by atoms with Gasteiger partial charge in [-0.2, -0.15) is 0 Å². The molecule has 2 heterocycles. The molecule has 0 bridgehead atoms. The van der Waals surface area contributed by atoms with E-state index in [1.165, 1.54) is 12.1 Å². The summed E-state index contributed by atoms with van der Waals surface area (Å²) < 4.78 is 24.5. The number of halogens is 1. The second-order valence-electron chi connectivity index (χ2n) is 5.95. The molecule has 2 aliphatic rings. The van der Waals surface area contributed by atoms with Crippen molar-refractivity contribution < 1.29 is 13.5 Å². The van der Waals surface area contributed by atoms with Gasteiger partial charge in [-0.05, 0) is 30.5 Å². The van der Waals surface area contributed by atoms with Crippen LogP contribution in [0.15, 0.2) is 28.7 Å². The van der Waals surface area contributed by atoms with E-state index in [-0.39, 0.29) is 11.9 Å². The van der Waals surface area contributed by atoms with Gasteiger partial charge < -0.3 is 9.15 Å². The number of rotatable bonds is 4. The zero-order valence-electron chi connectivity index (χ0n) is 12.2. The van der Waals surface area contributed by atoms with E-state index in [0.29, 0.717) is 25.0 Å². The molecule has 1 atom stereocenters. The summed E-state index contributed by atoms with van der Waals surface area (Å²) in [6.07, 6.45) is 2.28. The van der Waals surface area contributed by atoms with Crippen molar-refractivity contribution in [3.63, 3.8) is 0 Å². The third-order valence-corrected chi connectivity index (χ3v) is 4.16. The van der Waals surface area contributed by atoms with Crippen LogP contribution < -0.4 is 0 Å². The molecular weight excluding hydrogens is 285 g/mol. The standard InChI is InChI=1S/C16H18FN3O2/c17-13-5-3-11(4-6-13)14-9-20(7-8-21-14)10-15-18-19-16(22-15)12-1-2-12/h3-6,12,14H,1-2,7-10H2/t14-/m0/s1. The lowest BCUT2D eigenvalue weighted by Crippen LogP contribution is -2.37. The van der Waals surface area contributed by atoms with Crippen molar-refractivity contribution >= 4 is 0 Å². The van der Waals surface area contributed by atoms with E-state index in [0.717, 1.165) is 37.4 Å². The summed E-state index contributed by atoms with van der Waals surface area (Å²) in [7, 11) is 0. The van der Waals surface area contributed by atoms with Crippen LogP contribution >= 0.6 is 0 Å². The fourth-order valence-electron chi connectivity index (χ4n) is 2.74. The number of hydrogen-bond acceptors (Lipinski definition) is 5. The number of hydrogen-bond donors (Lipinski definition) is 0. The molecule has 1 saturated heterocycles. The van der Waals surface area contributed by atoms with Crippen molar-refractivity contribution in [3.8, 4) is 0 Å². The smallest absolute Gasteiger partial charge is 0.230 e. The van der Waals surface area contributed by atoms with Gasteiger partial charge in [-0.25, -0.2) is 4.39 Å². The van der Waals surface area contributed by atoms with Gasteiger partial charge in [0.25, 0.3) is 0 Å². The fraction of sp³-hybridized carbons (Fsp3) is 0.500. The Morgan fingerprint density at radius 3 is 2.77 bits per heavy atom. The first-order valence-corrected chi connectivity index (χ1v) is 7.69. The summed E-state index contributed by atoms with van der Waals surface area (Å²) in [5, 5.41) is 8.25. The third-order valence-electron chi connectivity index (χ3n) is 4.16. The fourth-order valence-corrected chi connectivity index (χ4v) is 2.74. The van der Waals surface area contributed by atoms with E-state index in [4.69, 9.17) is 9.15 Å². The van der Waals surface area contributed by atoms with Gasteiger partial charge in [-0.1, -0.05) is 12.1 Å². The van der Waals surface area contributed by atoms with Crippen molar-refractivity contribution in [2.24, 2.45) is 0 Å². The van der Waals surface area contributed by atoms with E-state index in [2.05, 4.69) is 15.1 Å². The maximum Gasteiger partial charge on any atom is 0.230 e. The van der Waals surface area contributed by atoms with Crippen LogP contribution in [-0.2, 0) is 11.3 Å². The first kappa shape index (κ1) is 13.8. The molecule has 0 spiro atoms. The second kappa shape index (κ2) is 5.78. The average molecular weight is 303 g/mol. The summed E-state index contributed by atoms with van der Waals surface area (Å²) in [6, 6.07) is 6.50. The van der Waals surface area contributed by atoms with Crippen LogP contribution in [0.5, 0.6) is 0 Å². The highest BCUT2D eigenvalue weighted by Gasteiger charge is 2.30. The van der Waals surface area contributed by atoms with Crippen LogP contribution in [0.4, 0.5) is 4.39 Å². The molecule has 22 heavy (non-hydrogen) atoms. The monoisotopic (exact) mass is 303 g/mol. The van der Waals surface area contributed by atoms with Gasteiger partial charge >= 0.3 is 0 Å². The Balaban J connectivity index is 1.40. The van der Waals surface area contributed by atoms with Gasteiger partial charge in [0, 0.05) is 19.0 Å². The highest BCUT2D eigenvalue weighted by molar-refractivity contribution is 5.19. The molecule has 1 aromatic heterocycles. The molecule has 4 rings (SSSR count). The summed E-state index contributed by atoms with van der Waals surface area (Å²) in [6.45, 7) is 2.86. The summed E-state index contributed by atoms with van der Waals surface area (Å²) in [4.78, 5) is 2.24. The van der Waals surface area contributed by atoms with Crippen LogP contribution in [0.3, 0.4) is 0 Å². The lowest BCUT2D eigenvalue weighted by Gasteiger charge is -2.32. The molecule has 0 radical (unpaired) electrons. The van der Waals surface area contributed by atoms with Gasteiger partial charge in [0.15, 0.2) is 0 Å². The maximum atomic E-state index is 13.0. The lowest BCUT2D eigenvalue weighted by atomic mass is 10.1. The SMILES string of the molecule is Fc1ccc([C@@H]2CN(Cc3nnc(C4CC4)o3)CCO2)cc1. The number of morpholine rings is 1. The van der Waals surface area contributed by atoms with E-state index in [1.54, 1.807) is 12.1 Å². The van der Waals surface area contributed by atoms with Crippen LogP contribution in [0.1, 0.15) is 42.2 Å². The molecule has 2 fully saturated rings. The number of aromatic nitrogens is 2. The Labute approximate surface area is 128 Å². The van der Waals surface area contributed by atoms with Crippen molar-refractivity contribution in [1.82, 2.24) is 15.1 Å². The van der Waals surface area contributed by atoms with Crippen LogP contribution in [0, 0.1) is 5.82 Å². The molecule has 1 aromatic carbocycles. The van der Waals surface area contributed by atoms with E-state index >= 15 is 0 Å². The minimum Gasteiger partial charge on any atom is -0.424 e. The van der Waals surface area contributed by atoms with Crippen molar-refractivity contribution in [2.45, 2.75) is 31.4 Å². The van der Waals surface area contributed by atoms with Gasteiger partial charge in [0.1, 0.15) is 5.82 Å². The van der Waals surface area contributed by atoms with Crippen LogP contribution in [0.2, 0.25) is 0 Å². The Bertz CT molecular complexity index is 639. The predicted octanol–water partition coefficient (Wildman–Crippen LogP) is 2.66. The number of benzene rings is 1. The molecule has 5 nitrogen and oxygen atoms in total. The molecule has 0 unspecified atom stereocenters. The Kier molecular flexibility index (Phi) is 3.63. The zero-order chi connectivity index (χ0) is 14.9. The molecule has 1 aliphatic carbocycles. The predicted molar refractivity (Wildman–Crippen MR) is 76.6 cm³/mol. The molecule has 0 N–H and O–H groups in total. The maximum absolute atomic E-state index is 13.0.